The maximum atomic E-state index is 10.9. The van der Waals surface area contributed by atoms with Gasteiger partial charge in [-0.05, 0) is 28.6 Å². The monoisotopic (exact) mass is 326 g/mol. The van der Waals surface area contributed by atoms with Gasteiger partial charge >= 0.3 is 0 Å². The summed E-state index contributed by atoms with van der Waals surface area (Å²) in [5.41, 5.74) is 1.43. The summed E-state index contributed by atoms with van der Waals surface area (Å²) in [7, 11) is 1.51. The van der Waals surface area contributed by atoms with Gasteiger partial charge in [0.25, 0.3) is 5.69 Å². The summed E-state index contributed by atoms with van der Waals surface area (Å²) in [6.07, 6.45) is 0. The third-order valence-corrected chi connectivity index (χ3v) is 3.38. The average molecular weight is 326 g/mol. The molecule has 1 aromatic heterocycles. The number of rotatable bonds is 6. The highest BCUT2D eigenvalue weighted by molar-refractivity contribution is 5.46. The van der Waals surface area contributed by atoms with E-state index in [4.69, 9.17) is 4.74 Å². The maximum absolute atomic E-state index is 10.9. The van der Waals surface area contributed by atoms with Crippen molar-refractivity contribution in [1.29, 1.82) is 0 Å². The van der Waals surface area contributed by atoms with Gasteiger partial charge in [-0.15, -0.1) is 0 Å². The van der Waals surface area contributed by atoms with E-state index < -0.39 is 4.92 Å². The summed E-state index contributed by atoms with van der Waals surface area (Å²) in [5, 5.41) is 25.5. The number of para-hydroxylation sites is 1. The van der Waals surface area contributed by atoms with Gasteiger partial charge < -0.3 is 10.1 Å². The molecule has 9 heteroatoms. The molecule has 0 aliphatic heterocycles. The molecule has 9 nitrogen and oxygen atoms in total. The van der Waals surface area contributed by atoms with E-state index in [0.29, 0.717) is 17.3 Å². The Kier molecular flexibility index (Phi) is 4.32. The molecule has 2 aromatic carbocycles. The van der Waals surface area contributed by atoms with Crippen LogP contribution in [0.2, 0.25) is 0 Å². The number of ether oxygens (including phenoxy) is 1. The summed E-state index contributed by atoms with van der Waals surface area (Å²) >= 11 is 0. The molecule has 0 radical (unpaired) electrons. The van der Waals surface area contributed by atoms with E-state index in [2.05, 4.69) is 20.8 Å². The predicted molar refractivity (Wildman–Crippen MR) is 86.1 cm³/mol. The Morgan fingerprint density at radius 3 is 2.75 bits per heavy atom. The highest BCUT2D eigenvalue weighted by atomic mass is 16.6. The van der Waals surface area contributed by atoms with Gasteiger partial charge in [-0.1, -0.05) is 23.3 Å². The second-order valence-corrected chi connectivity index (χ2v) is 4.86. The lowest BCUT2D eigenvalue weighted by Crippen LogP contribution is -2.08. The van der Waals surface area contributed by atoms with Crippen molar-refractivity contribution in [2.45, 2.75) is 6.54 Å². The second kappa shape index (κ2) is 6.73. The van der Waals surface area contributed by atoms with Crippen molar-refractivity contribution in [3.8, 4) is 11.4 Å². The summed E-state index contributed by atoms with van der Waals surface area (Å²) in [6.45, 7) is 0.276. The van der Waals surface area contributed by atoms with E-state index in [-0.39, 0.29) is 12.2 Å². The van der Waals surface area contributed by atoms with Gasteiger partial charge in [-0.25, -0.2) is 0 Å². The number of tetrazole rings is 1. The van der Waals surface area contributed by atoms with E-state index >= 15 is 0 Å². The SMILES string of the molecule is COc1ccc([N+](=O)[O-])cc1CNc1nnnn1-c1ccccc1. The molecule has 24 heavy (non-hydrogen) atoms. The maximum Gasteiger partial charge on any atom is 0.270 e. The van der Waals surface area contributed by atoms with Crippen molar-refractivity contribution in [1.82, 2.24) is 20.2 Å². The number of anilines is 1. The highest BCUT2D eigenvalue weighted by Crippen LogP contribution is 2.24. The molecule has 0 aliphatic rings. The first-order valence-corrected chi connectivity index (χ1v) is 7.08. The summed E-state index contributed by atoms with van der Waals surface area (Å²) < 4.78 is 6.79. The summed E-state index contributed by atoms with van der Waals surface area (Å²) in [4.78, 5) is 10.5. The number of aromatic nitrogens is 4. The van der Waals surface area contributed by atoms with E-state index in [1.807, 2.05) is 30.3 Å². The number of hydrogen-bond acceptors (Lipinski definition) is 7. The van der Waals surface area contributed by atoms with Crippen LogP contribution in [0.5, 0.6) is 5.75 Å². The van der Waals surface area contributed by atoms with Crippen molar-refractivity contribution in [3.05, 3.63) is 64.2 Å². The largest absolute Gasteiger partial charge is 0.496 e. The van der Waals surface area contributed by atoms with E-state index in [0.717, 1.165) is 5.69 Å². The van der Waals surface area contributed by atoms with Crippen molar-refractivity contribution >= 4 is 11.6 Å². The van der Waals surface area contributed by atoms with Gasteiger partial charge in [0, 0.05) is 24.2 Å². The van der Waals surface area contributed by atoms with Crippen LogP contribution in [-0.4, -0.2) is 32.2 Å². The van der Waals surface area contributed by atoms with Gasteiger partial charge in [-0.3, -0.25) is 10.1 Å². The molecular formula is C15H14N6O3. The van der Waals surface area contributed by atoms with Gasteiger partial charge in [0.05, 0.1) is 17.7 Å². The van der Waals surface area contributed by atoms with Crippen molar-refractivity contribution in [2.24, 2.45) is 0 Å². The van der Waals surface area contributed by atoms with Crippen LogP contribution in [0.25, 0.3) is 5.69 Å². The molecule has 1 heterocycles. The Bertz CT molecular complexity index is 849. The molecule has 122 valence electrons. The Labute approximate surface area is 137 Å². The lowest BCUT2D eigenvalue weighted by molar-refractivity contribution is -0.384. The number of methoxy groups -OCH3 is 1. The first-order valence-electron chi connectivity index (χ1n) is 7.08. The van der Waals surface area contributed by atoms with Crippen LogP contribution in [0.15, 0.2) is 48.5 Å². The number of hydrogen-bond donors (Lipinski definition) is 1. The van der Waals surface area contributed by atoms with E-state index in [9.17, 15) is 10.1 Å². The predicted octanol–water partition coefficient (Wildman–Crippen LogP) is 2.19. The minimum absolute atomic E-state index is 0.00440. The Morgan fingerprint density at radius 1 is 1.25 bits per heavy atom. The lowest BCUT2D eigenvalue weighted by Gasteiger charge is -2.10. The van der Waals surface area contributed by atoms with Gasteiger partial charge in [0.1, 0.15) is 5.75 Å². The van der Waals surface area contributed by atoms with Crippen LogP contribution in [-0.2, 0) is 6.54 Å². The normalized spacial score (nSPS) is 10.4. The zero-order valence-electron chi connectivity index (χ0n) is 12.8. The molecule has 0 unspecified atom stereocenters. The standard InChI is InChI=1S/C15H14N6O3/c1-24-14-8-7-13(21(22)23)9-11(14)10-16-15-17-18-19-20(15)12-5-3-2-4-6-12/h2-9H,10H2,1H3,(H,16,17,19). The van der Waals surface area contributed by atoms with Crippen LogP contribution >= 0.6 is 0 Å². The fourth-order valence-corrected chi connectivity index (χ4v) is 2.23. The first-order chi connectivity index (χ1) is 11.7. The summed E-state index contributed by atoms with van der Waals surface area (Å²) in [5.74, 6) is 0.974. The van der Waals surface area contributed by atoms with Crippen LogP contribution in [0.1, 0.15) is 5.56 Å². The molecule has 0 bridgehead atoms. The fraction of sp³-hybridized carbons (Fsp3) is 0.133. The molecule has 0 amide bonds. The Morgan fingerprint density at radius 2 is 2.04 bits per heavy atom. The lowest BCUT2D eigenvalue weighted by atomic mass is 10.2. The molecule has 3 aromatic rings. The Hall–Kier alpha value is -3.49. The zero-order valence-corrected chi connectivity index (χ0v) is 12.8. The number of nitro groups is 1. The number of nitrogens with zero attached hydrogens (tertiary/aromatic N) is 5. The number of nitro benzene ring substituents is 1. The second-order valence-electron chi connectivity index (χ2n) is 4.86. The third-order valence-electron chi connectivity index (χ3n) is 3.38. The smallest absolute Gasteiger partial charge is 0.270 e. The molecular weight excluding hydrogens is 312 g/mol. The van der Waals surface area contributed by atoms with Crippen LogP contribution in [0.4, 0.5) is 11.6 Å². The topological polar surface area (TPSA) is 108 Å². The average Bonchev–Trinajstić information content (AvgIpc) is 3.09. The highest BCUT2D eigenvalue weighted by Gasteiger charge is 2.13. The minimum atomic E-state index is -0.447. The molecule has 0 atom stereocenters. The van der Waals surface area contributed by atoms with Crippen molar-refractivity contribution < 1.29 is 9.66 Å². The zero-order chi connectivity index (χ0) is 16.9. The number of benzene rings is 2. The van der Waals surface area contributed by atoms with Gasteiger partial charge in [-0.2, -0.15) is 4.68 Å². The van der Waals surface area contributed by atoms with E-state index in [1.54, 1.807) is 10.7 Å². The quantitative estimate of drug-likeness (QED) is 0.546. The summed E-state index contributed by atoms with van der Waals surface area (Å²) in [6, 6.07) is 13.8. The number of nitrogens with one attached hydrogen (secondary N) is 1. The van der Waals surface area contributed by atoms with Crippen molar-refractivity contribution in [2.75, 3.05) is 12.4 Å². The molecule has 0 aliphatic carbocycles. The molecule has 1 N–H and O–H groups in total. The molecule has 0 saturated carbocycles. The first kappa shape index (κ1) is 15.4. The van der Waals surface area contributed by atoms with E-state index in [1.165, 1.54) is 19.2 Å². The number of non-ortho nitro benzene ring substituents is 1. The van der Waals surface area contributed by atoms with Crippen LogP contribution in [0.3, 0.4) is 0 Å². The molecule has 0 fully saturated rings. The third kappa shape index (κ3) is 3.14. The van der Waals surface area contributed by atoms with Crippen molar-refractivity contribution in [3.63, 3.8) is 0 Å². The minimum Gasteiger partial charge on any atom is -0.496 e. The van der Waals surface area contributed by atoms with Crippen LogP contribution in [0, 0.1) is 10.1 Å². The Balaban J connectivity index is 1.83. The van der Waals surface area contributed by atoms with Gasteiger partial charge in [0.15, 0.2) is 0 Å². The fourth-order valence-electron chi connectivity index (χ4n) is 2.23. The van der Waals surface area contributed by atoms with Crippen LogP contribution < -0.4 is 10.1 Å². The van der Waals surface area contributed by atoms with Gasteiger partial charge in [0.2, 0.25) is 5.95 Å². The molecule has 3 rings (SSSR count). The molecule has 0 spiro atoms. The molecule has 0 saturated heterocycles.